The average Bonchev–Trinajstić information content (AvgIpc) is 3.35. The van der Waals surface area contributed by atoms with Crippen molar-refractivity contribution in [2.75, 3.05) is 24.1 Å². The molecule has 4 aromatic rings. The first-order valence-corrected chi connectivity index (χ1v) is 11.2. The number of amides is 1. The number of carbonyl (C=O) groups excluding carboxylic acids is 1. The zero-order chi connectivity index (χ0) is 22.8. The fourth-order valence-electron chi connectivity index (χ4n) is 4.26. The topological polar surface area (TPSA) is 124 Å². The normalized spacial score (nSPS) is 14.5. The molecule has 0 aromatic carbocycles. The minimum atomic E-state index is -0.246. The molecule has 0 atom stereocenters. The van der Waals surface area contributed by atoms with Crippen molar-refractivity contribution >= 4 is 28.3 Å². The molecule has 4 aromatic heterocycles. The highest BCUT2D eigenvalue weighted by atomic mass is 16.1. The van der Waals surface area contributed by atoms with Crippen LogP contribution in [0, 0.1) is 0 Å². The summed E-state index contributed by atoms with van der Waals surface area (Å²) < 4.78 is 1.89. The summed E-state index contributed by atoms with van der Waals surface area (Å²) in [4.78, 5) is 26.0. The summed E-state index contributed by atoms with van der Waals surface area (Å²) in [7, 11) is 0. The minimum Gasteiger partial charge on any atom is -0.383 e. The van der Waals surface area contributed by atoms with Gasteiger partial charge in [-0.25, -0.2) is 9.97 Å². The van der Waals surface area contributed by atoms with Crippen LogP contribution in [0.15, 0.2) is 49.2 Å². The number of rotatable bonds is 5. The molecule has 0 spiro atoms. The molecule has 0 saturated carbocycles. The maximum Gasteiger partial charge on any atom is 0.260 e. The van der Waals surface area contributed by atoms with E-state index in [1.54, 1.807) is 31.0 Å². The number of hydrogen-bond donors (Lipinski definition) is 3. The number of nitrogens with two attached hydrogens (primary N) is 1. The smallest absolute Gasteiger partial charge is 0.260 e. The number of nitrogens with one attached hydrogen (secondary N) is 2. The van der Waals surface area contributed by atoms with E-state index in [-0.39, 0.29) is 5.91 Å². The molecule has 0 radical (unpaired) electrons. The fourth-order valence-corrected chi connectivity index (χ4v) is 4.26. The van der Waals surface area contributed by atoms with Crippen LogP contribution in [0.4, 0.5) is 11.6 Å². The highest BCUT2D eigenvalue weighted by molar-refractivity contribution is 6.04. The first kappa shape index (κ1) is 21.0. The number of pyridine rings is 3. The lowest BCUT2D eigenvalue weighted by Gasteiger charge is -2.22. The fraction of sp³-hybridized carbons (Fsp3) is 0.292. The van der Waals surface area contributed by atoms with E-state index in [1.807, 2.05) is 22.9 Å². The second-order valence-electron chi connectivity index (χ2n) is 8.21. The number of anilines is 2. The molecular formula is C24H26N8O. The van der Waals surface area contributed by atoms with Gasteiger partial charge in [0, 0.05) is 35.7 Å². The second kappa shape index (κ2) is 8.95. The number of hydrogen-bond acceptors (Lipinski definition) is 7. The molecule has 1 amide bonds. The predicted octanol–water partition coefficient (Wildman–Crippen LogP) is 3.21. The Morgan fingerprint density at radius 3 is 2.91 bits per heavy atom. The molecule has 1 aliphatic rings. The lowest BCUT2D eigenvalue weighted by molar-refractivity contribution is 0.102. The number of carbonyl (C=O) groups is 1. The van der Waals surface area contributed by atoms with Crippen LogP contribution in [0.3, 0.4) is 0 Å². The van der Waals surface area contributed by atoms with Crippen molar-refractivity contribution in [3.05, 3.63) is 60.3 Å². The molecule has 1 saturated heterocycles. The van der Waals surface area contributed by atoms with Crippen LogP contribution in [0.25, 0.3) is 22.0 Å². The Bertz CT molecular complexity index is 1310. The number of nitrogens with zero attached hydrogens (tertiary/aromatic N) is 5. The van der Waals surface area contributed by atoms with Crippen LogP contribution >= 0.6 is 0 Å². The molecule has 1 aliphatic heterocycles. The minimum absolute atomic E-state index is 0.246. The Morgan fingerprint density at radius 2 is 2.09 bits per heavy atom. The van der Waals surface area contributed by atoms with E-state index in [2.05, 4.69) is 37.6 Å². The average molecular weight is 443 g/mol. The quantitative estimate of drug-likeness (QED) is 0.433. The molecule has 33 heavy (non-hydrogen) atoms. The zero-order valence-corrected chi connectivity index (χ0v) is 18.5. The van der Waals surface area contributed by atoms with Crippen molar-refractivity contribution in [1.29, 1.82) is 0 Å². The van der Waals surface area contributed by atoms with Gasteiger partial charge in [-0.15, -0.1) is 0 Å². The van der Waals surface area contributed by atoms with Crippen LogP contribution in [-0.4, -0.2) is 43.7 Å². The van der Waals surface area contributed by atoms with Crippen molar-refractivity contribution in [2.45, 2.75) is 32.2 Å². The summed E-state index contributed by atoms with van der Waals surface area (Å²) in [5.41, 5.74) is 9.57. The molecule has 0 unspecified atom stereocenters. The summed E-state index contributed by atoms with van der Waals surface area (Å²) in [5.74, 6) is 0.590. The van der Waals surface area contributed by atoms with Gasteiger partial charge < -0.3 is 16.4 Å². The van der Waals surface area contributed by atoms with E-state index in [0.29, 0.717) is 23.2 Å². The summed E-state index contributed by atoms with van der Waals surface area (Å²) in [6, 6.07) is 6.07. The Kier molecular flexibility index (Phi) is 5.70. The Morgan fingerprint density at radius 1 is 1.24 bits per heavy atom. The third-order valence-electron chi connectivity index (χ3n) is 6.10. The van der Waals surface area contributed by atoms with Gasteiger partial charge in [-0.05, 0) is 61.5 Å². The standard InChI is InChI=1S/C24H26N8O/c1-2-15-3-6-27-12-19(15)21-9-16-10-22(28-13-20(16)23(25)30-21)31-24(33)17-11-29-32(14-17)18-4-7-26-8-5-18/h3,6,9-14,18,26H,2,4-5,7-8H2,1H3,(H2,25,30)(H,28,31,33). The predicted molar refractivity (Wildman–Crippen MR) is 128 cm³/mol. The van der Waals surface area contributed by atoms with Crippen molar-refractivity contribution in [3.8, 4) is 11.3 Å². The van der Waals surface area contributed by atoms with Gasteiger partial charge in [0.2, 0.25) is 0 Å². The molecule has 9 heteroatoms. The van der Waals surface area contributed by atoms with Gasteiger partial charge in [-0.1, -0.05) is 6.92 Å². The van der Waals surface area contributed by atoms with Crippen LogP contribution < -0.4 is 16.4 Å². The van der Waals surface area contributed by atoms with Crippen LogP contribution in [0.2, 0.25) is 0 Å². The Labute approximate surface area is 191 Å². The summed E-state index contributed by atoms with van der Waals surface area (Å²) in [5, 5.41) is 12.2. The number of nitrogen functional groups attached to an aromatic ring is 1. The maximum atomic E-state index is 12.8. The largest absolute Gasteiger partial charge is 0.383 e. The molecule has 168 valence electrons. The summed E-state index contributed by atoms with van der Waals surface area (Å²) >= 11 is 0. The molecule has 0 bridgehead atoms. The van der Waals surface area contributed by atoms with Crippen molar-refractivity contribution < 1.29 is 4.79 Å². The van der Waals surface area contributed by atoms with E-state index in [0.717, 1.165) is 59.9 Å². The molecule has 0 aliphatic carbocycles. The van der Waals surface area contributed by atoms with E-state index < -0.39 is 0 Å². The number of fused-ring (bicyclic) bond motifs is 1. The van der Waals surface area contributed by atoms with Gasteiger partial charge >= 0.3 is 0 Å². The van der Waals surface area contributed by atoms with E-state index in [9.17, 15) is 4.79 Å². The van der Waals surface area contributed by atoms with Gasteiger partial charge in [0.1, 0.15) is 11.6 Å². The summed E-state index contributed by atoms with van der Waals surface area (Å²) in [6.07, 6.45) is 11.5. The lowest BCUT2D eigenvalue weighted by atomic mass is 10.0. The third-order valence-corrected chi connectivity index (χ3v) is 6.10. The number of aromatic nitrogens is 5. The molecule has 4 N–H and O–H groups in total. The van der Waals surface area contributed by atoms with Crippen LogP contribution in [0.1, 0.15) is 41.7 Å². The van der Waals surface area contributed by atoms with Gasteiger partial charge in [0.15, 0.2) is 0 Å². The highest BCUT2D eigenvalue weighted by Crippen LogP contribution is 2.29. The molecule has 1 fully saturated rings. The van der Waals surface area contributed by atoms with Gasteiger partial charge in [-0.2, -0.15) is 5.10 Å². The van der Waals surface area contributed by atoms with Gasteiger partial charge in [0.05, 0.1) is 23.5 Å². The van der Waals surface area contributed by atoms with Crippen molar-refractivity contribution in [2.24, 2.45) is 0 Å². The first-order chi connectivity index (χ1) is 16.1. The number of aryl methyl sites for hydroxylation is 1. The molecular weight excluding hydrogens is 416 g/mol. The molecule has 5 rings (SSSR count). The Balaban J connectivity index is 1.41. The van der Waals surface area contributed by atoms with Gasteiger partial charge in [-0.3, -0.25) is 14.5 Å². The second-order valence-corrected chi connectivity index (χ2v) is 8.21. The zero-order valence-electron chi connectivity index (χ0n) is 18.5. The molecule has 5 heterocycles. The van der Waals surface area contributed by atoms with Crippen LogP contribution in [0.5, 0.6) is 0 Å². The van der Waals surface area contributed by atoms with E-state index in [1.165, 1.54) is 0 Å². The number of piperidine rings is 1. The lowest BCUT2D eigenvalue weighted by Crippen LogP contribution is -2.29. The highest BCUT2D eigenvalue weighted by Gasteiger charge is 2.18. The molecule has 9 nitrogen and oxygen atoms in total. The summed E-state index contributed by atoms with van der Waals surface area (Å²) in [6.45, 7) is 4.02. The van der Waals surface area contributed by atoms with Gasteiger partial charge in [0.25, 0.3) is 5.91 Å². The van der Waals surface area contributed by atoms with Crippen molar-refractivity contribution in [1.82, 2.24) is 30.0 Å². The Hall–Kier alpha value is -3.85. The van der Waals surface area contributed by atoms with Crippen molar-refractivity contribution in [3.63, 3.8) is 0 Å². The SMILES string of the molecule is CCc1ccncc1-c1cc2cc(NC(=O)c3cnn(C4CCNCC4)c3)ncc2c(N)n1. The van der Waals surface area contributed by atoms with Crippen LogP contribution in [-0.2, 0) is 6.42 Å². The first-order valence-electron chi connectivity index (χ1n) is 11.2. The monoisotopic (exact) mass is 442 g/mol. The maximum absolute atomic E-state index is 12.8. The van der Waals surface area contributed by atoms with E-state index in [4.69, 9.17) is 5.73 Å². The van der Waals surface area contributed by atoms with E-state index >= 15 is 0 Å². The third kappa shape index (κ3) is 4.27.